The number of carbonyl (C=O) groups is 1. The van der Waals surface area contributed by atoms with Crippen molar-refractivity contribution in [3.8, 4) is 5.75 Å². The predicted octanol–water partition coefficient (Wildman–Crippen LogP) is 6.68. The smallest absolute Gasteiger partial charge is 0.182 e. The molecule has 0 heterocycles. The largest absolute Gasteiger partial charge is 0.299 e. The molecule has 0 aliphatic heterocycles. The Bertz CT molecular complexity index is 1060. The molecule has 0 N–H and O–H groups in total. The predicted molar refractivity (Wildman–Crippen MR) is 114 cm³/mol. The first-order chi connectivity index (χ1) is 13.3. The zero-order valence-corrected chi connectivity index (χ0v) is 17.1. The number of fused-ring (bicyclic) bond motifs is 2. The van der Waals surface area contributed by atoms with Crippen molar-refractivity contribution in [2.75, 3.05) is 0 Å². The molecule has 0 saturated heterocycles. The van der Waals surface area contributed by atoms with Crippen LogP contribution in [0.15, 0.2) is 54.6 Å². The van der Waals surface area contributed by atoms with Crippen LogP contribution in [0.25, 0.3) is 10.8 Å². The summed E-state index contributed by atoms with van der Waals surface area (Å²) >= 11 is 0. The molecule has 2 atom stereocenters. The quantitative estimate of drug-likeness (QED) is 0.505. The third-order valence-corrected chi connectivity index (χ3v) is 6.49. The number of hydrogen-bond acceptors (Lipinski definition) is 1. The Kier molecular flexibility index (Phi) is 4.53. The Morgan fingerprint density at radius 1 is 1.07 bits per heavy atom. The van der Waals surface area contributed by atoms with Gasteiger partial charge >= 0.3 is 0 Å². The molecule has 4 rings (SSSR count). The van der Waals surface area contributed by atoms with E-state index >= 15 is 0 Å². The molecule has 143 valence electrons. The summed E-state index contributed by atoms with van der Waals surface area (Å²) in [4.78, 5) is 12.7. The van der Waals surface area contributed by atoms with Crippen molar-refractivity contribution in [2.45, 2.75) is 57.8 Å². The van der Waals surface area contributed by atoms with Gasteiger partial charge < -0.3 is 0 Å². The maximum absolute atomic E-state index is 12.7. The van der Waals surface area contributed by atoms with E-state index in [1.807, 2.05) is 19.1 Å². The van der Waals surface area contributed by atoms with Gasteiger partial charge in [-0.1, -0.05) is 69.3 Å². The van der Waals surface area contributed by atoms with Crippen molar-refractivity contribution in [3.63, 3.8) is 0 Å². The number of aryl methyl sites for hydroxylation is 1. The number of benzene rings is 3. The van der Waals surface area contributed by atoms with Gasteiger partial charge in [0.1, 0.15) is 5.78 Å². The molecule has 3 aromatic rings. The minimum Gasteiger partial charge on any atom is -0.299 e. The number of ketones is 1. The molecular formula is C26H27O2. The van der Waals surface area contributed by atoms with Crippen LogP contribution in [-0.2, 0) is 21.7 Å². The molecule has 2 nitrogen and oxygen atoms in total. The average molecular weight is 372 g/mol. The lowest BCUT2D eigenvalue weighted by Crippen LogP contribution is -2.34. The Hall–Kier alpha value is -2.61. The Labute approximate surface area is 167 Å². The summed E-state index contributed by atoms with van der Waals surface area (Å²) in [5, 5.41) is 14.3. The molecule has 0 aromatic heterocycles. The highest BCUT2D eigenvalue weighted by Gasteiger charge is 2.41. The number of carbonyl (C=O) groups excluding carboxylic acids is 1. The number of rotatable bonds is 3. The molecule has 2 unspecified atom stereocenters. The zero-order valence-electron chi connectivity index (χ0n) is 17.1. The van der Waals surface area contributed by atoms with Gasteiger partial charge in [-0.2, -0.15) is 0 Å². The lowest BCUT2D eigenvalue weighted by molar-refractivity contribution is -0.119. The first kappa shape index (κ1) is 18.7. The van der Waals surface area contributed by atoms with E-state index in [1.165, 1.54) is 16.7 Å². The second-order valence-electron chi connectivity index (χ2n) is 8.75. The number of Topliss-reactive ketones (excluding diaryl/α,β-unsaturated/α-hetero) is 1. The highest BCUT2D eigenvalue weighted by molar-refractivity contribution is 5.89. The number of hydrogen-bond donors (Lipinski definition) is 0. The van der Waals surface area contributed by atoms with E-state index in [2.05, 4.69) is 50.2 Å². The van der Waals surface area contributed by atoms with Crippen LogP contribution < -0.4 is 0 Å². The van der Waals surface area contributed by atoms with Crippen LogP contribution in [0.1, 0.15) is 68.2 Å². The summed E-state index contributed by atoms with van der Waals surface area (Å²) in [5.74, 6) is 0.351. The molecule has 1 aliphatic rings. The second-order valence-corrected chi connectivity index (χ2v) is 8.75. The van der Waals surface area contributed by atoms with Crippen LogP contribution in [0.5, 0.6) is 5.75 Å². The molecule has 2 heteroatoms. The van der Waals surface area contributed by atoms with Crippen LogP contribution >= 0.6 is 0 Å². The van der Waals surface area contributed by atoms with Crippen LogP contribution in [0.4, 0.5) is 0 Å². The molecule has 28 heavy (non-hydrogen) atoms. The van der Waals surface area contributed by atoms with E-state index in [0.29, 0.717) is 0 Å². The third kappa shape index (κ3) is 2.92. The van der Waals surface area contributed by atoms with E-state index in [4.69, 9.17) is 0 Å². The minimum absolute atomic E-state index is 0.00955. The summed E-state index contributed by atoms with van der Waals surface area (Å²) in [6, 6.07) is 18.4. The van der Waals surface area contributed by atoms with E-state index in [-0.39, 0.29) is 28.8 Å². The molecule has 3 aromatic carbocycles. The van der Waals surface area contributed by atoms with E-state index in [0.717, 1.165) is 29.2 Å². The molecule has 0 fully saturated rings. The Morgan fingerprint density at radius 2 is 1.82 bits per heavy atom. The van der Waals surface area contributed by atoms with Gasteiger partial charge in [0.25, 0.3) is 0 Å². The Balaban J connectivity index is 1.88. The van der Waals surface area contributed by atoms with Gasteiger partial charge in [-0.05, 0) is 64.6 Å². The van der Waals surface area contributed by atoms with Crippen LogP contribution in [0.3, 0.4) is 0 Å². The fourth-order valence-electron chi connectivity index (χ4n) is 5.18. The molecular weight excluding hydrogens is 344 g/mol. The van der Waals surface area contributed by atoms with Crippen molar-refractivity contribution < 1.29 is 9.90 Å². The average Bonchev–Trinajstić information content (AvgIpc) is 2.67. The van der Waals surface area contributed by atoms with Crippen molar-refractivity contribution in [1.29, 1.82) is 0 Å². The summed E-state index contributed by atoms with van der Waals surface area (Å²) in [6.07, 6.45) is 1.66. The SMILES string of the molecule is CCc1c([O])ccc2cc(C3CC(C)(C)c4ccccc4C3C(C)=O)ccc12. The summed E-state index contributed by atoms with van der Waals surface area (Å²) in [5.41, 5.74) is 4.53. The lowest BCUT2D eigenvalue weighted by Gasteiger charge is -2.42. The molecule has 0 spiro atoms. The first-order valence-electron chi connectivity index (χ1n) is 10.2. The molecule has 1 radical (unpaired) electrons. The fraction of sp³-hybridized carbons (Fsp3) is 0.346. The monoisotopic (exact) mass is 371 g/mol. The van der Waals surface area contributed by atoms with E-state index in [1.54, 1.807) is 13.0 Å². The fourth-order valence-corrected chi connectivity index (χ4v) is 5.18. The first-order valence-corrected chi connectivity index (χ1v) is 10.2. The van der Waals surface area contributed by atoms with E-state index < -0.39 is 0 Å². The van der Waals surface area contributed by atoms with Gasteiger partial charge in [0.05, 0.1) is 0 Å². The van der Waals surface area contributed by atoms with Crippen LogP contribution in [0, 0.1) is 0 Å². The molecule has 0 amide bonds. The zero-order chi connectivity index (χ0) is 20.1. The maximum Gasteiger partial charge on any atom is 0.182 e. The standard InChI is InChI=1S/C26H27O2/c1-5-19-20-12-10-18(14-17(20)11-13-24(19)28)22-15-26(3,4)23-9-7-6-8-21(23)25(22)16(2)27/h6-14,22,25H,5,15H2,1-4H3. The van der Waals surface area contributed by atoms with Gasteiger partial charge in [0.2, 0.25) is 0 Å². The van der Waals surface area contributed by atoms with Crippen molar-refractivity contribution in [3.05, 3.63) is 76.9 Å². The third-order valence-electron chi connectivity index (χ3n) is 6.49. The van der Waals surface area contributed by atoms with Crippen molar-refractivity contribution in [2.24, 2.45) is 0 Å². The van der Waals surface area contributed by atoms with E-state index in [9.17, 15) is 9.90 Å². The van der Waals surface area contributed by atoms with Gasteiger partial charge in [-0.3, -0.25) is 9.90 Å². The van der Waals surface area contributed by atoms with Gasteiger partial charge in [0.15, 0.2) is 5.75 Å². The summed E-state index contributed by atoms with van der Waals surface area (Å²) in [6.45, 7) is 8.29. The minimum atomic E-state index is -0.119. The van der Waals surface area contributed by atoms with Gasteiger partial charge in [0, 0.05) is 11.5 Å². The van der Waals surface area contributed by atoms with Crippen LogP contribution in [0.2, 0.25) is 0 Å². The molecule has 1 aliphatic carbocycles. The van der Waals surface area contributed by atoms with Crippen molar-refractivity contribution in [1.82, 2.24) is 0 Å². The maximum atomic E-state index is 12.7. The second kappa shape index (κ2) is 6.77. The summed E-state index contributed by atoms with van der Waals surface area (Å²) in [7, 11) is 0. The summed E-state index contributed by atoms with van der Waals surface area (Å²) < 4.78 is 0. The highest BCUT2D eigenvalue weighted by Crippen LogP contribution is 2.51. The lowest BCUT2D eigenvalue weighted by atomic mass is 9.61. The van der Waals surface area contributed by atoms with Gasteiger partial charge in [-0.15, -0.1) is 0 Å². The highest BCUT2D eigenvalue weighted by atomic mass is 16.3. The Morgan fingerprint density at radius 3 is 2.54 bits per heavy atom. The topological polar surface area (TPSA) is 37.0 Å². The molecule has 0 bridgehead atoms. The normalized spacial score (nSPS) is 20.7. The molecule has 0 saturated carbocycles. The van der Waals surface area contributed by atoms with Crippen LogP contribution in [-0.4, -0.2) is 5.78 Å². The van der Waals surface area contributed by atoms with Gasteiger partial charge in [-0.25, -0.2) is 0 Å². The van der Waals surface area contributed by atoms with Crippen molar-refractivity contribution >= 4 is 16.6 Å².